The molecular formula is C14H20N2O2. The molecule has 18 heavy (non-hydrogen) atoms. The minimum absolute atomic E-state index is 0.0878. The van der Waals surface area contributed by atoms with E-state index in [1.165, 1.54) is 0 Å². The van der Waals surface area contributed by atoms with Crippen LogP contribution in [0.4, 0.5) is 5.69 Å². The first-order valence-electron chi connectivity index (χ1n) is 6.39. The molecule has 0 saturated carbocycles. The molecule has 0 spiro atoms. The van der Waals surface area contributed by atoms with Gasteiger partial charge in [0.2, 0.25) is 5.91 Å². The van der Waals surface area contributed by atoms with Gasteiger partial charge in [0.25, 0.3) is 0 Å². The monoisotopic (exact) mass is 248 g/mol. The van der Waals surface area contributed by atoms with Crippen molar-refractivity contribution in [3.8, 4) is 0 Å². The third-order valence-electron chi connectivity index (χ3n) is 3.17. The molecule has 4 nitrogen and oxygen atoms in total. The molecule has 0 radical (unpaired) electrons. The van der Waals surface area contributed by atoms with Crippen molar-refractivity contribution < 1.29 is 9.53 Å². The molecule has 1 amide bonds. The number of hydrogen-bond donors (Lipinski definition) is 2. The van der Waals surface area contributed by atoms with Gasteiger partial charge in [0.15, 0.2) is 0 Å². The van der Waals surface area contributed by atoms with E-state index in [0.717, 1.165) is 37.2 Å². The zero-order chi connectivity index (χ0) is 12.8. The maximum absolute atomic E-state index is 12.1. The van der Waals surface area contributed by atoms with Gasteiger partial charge in [-0.05, 0) is 37.1 Å². The highest BCUT2D eigenvalue weighted by Crippen LogP contribution is 2.15. The number of ether oxygens (including phenoxy) is 1. The number of rotatable bonds is 4. The van der Waals surface area contributed by atoms with E-state index in [1.807, 2.05) is 24.3 Å². The number of hydrogen-bond acceptors (Lipinski definition) is 3. The van der Waals surface area contributed by atoms with Gasteiger partial charge in [0.05, 0.1) is 12.5 Å². The Labute approximate surface area is 108 Å². The third-order valence-corrected chi connectivity index (χ3v) is 3.17. The van der Waals surface area contributed by atoms with Gasteiger partial charge >= 0.3 is 0 Å². The normalized spacial score (nSPS) is 19.5. The van der Waals surface area contributed by atoms with E-state index in [1.54, 1.807) is 7.11 Å². The summed E-state index contributed by atoms with van der Waals surface area (Å²) in [6.07, 6.45) is 2.04. The maximum atomic E-state index is 12.1. The minimum atomic E-state index is 0.0878. The first kappa shape index (κ1) is 13.1. The lowest BCUT2D eigenvalue weighted by atomic mass is 9.99. The summed E-state index contributed by atoms with van der Waals surface area (Å²) in [6, 6.07) is 7.79. The Kier molecular flexibility index (Phi) is 4.73. The average Bonchev–Trinajstić information content (AvgIpc) is 2.40. The number of amides is 1. The van der Waals surface area contributed by atoms with Crippen LogP contribution in [0.15, 0.2) is 24.3 Å². The molecular weight excluding hydrogens is 228 g/mol. The number of anilines is 1. The van der Waals surface area contributed by atoms with Crippen LogP contribution in [0.3, 0.4) is 0 Å². The van der Waals surface area contributed by atoms with Crippen LogP contribution < -0.4 is 10.6 Å². The second kappa shape index (κ2) is 6.52. The van der Waals surface area contributed by atoms with Crippen molar-refractivity contribution in [2.24, 2.45) is 5.92 Å². The molecule has 0 aromatic heterocycles. The summed E-state index contributed by atoms with van der Waals surface area (Å²) in [4.78, 5) is 12.1. The second-order valence-electron chi connectivity index (χ2n) is 4.67. The van der Waals surface area contributed by atoms with E-state index in [9.17, 15) is 4.79 Å². The SMILES string of the molecule is COCc1cccc(NC(=O)[C@H]2CCCNC2)c1. The van der Waals surface area contributed by atoms with E-state index in [-0.39, 0.29) is 11.8 Å². The van der Waals surface area contributed by atoms with Crippen LogP contribution in [-0.2, 0) is 16.1 Å². The van der Waals surface area contributed by atoms with Crippen LogP contribution in [-0.4, -0.2) is 26.1 Å². The van der Waals surface area contributed by atoms with E-state index >= 15 is 0 Å². The molecule has 1 aliphatic rings. The number of methoxy groups -OCH3 is 1. The predicted octanol–water partition coefficient (Wildman–Crippen LogP) is 1.77. The summed E-state index contributed by atoms with van der Waals surface area (Å²) in [6.45, 7) is 2.37. The minimum Gasteiger partial charge on any atom is -0.380 e. The molecule has 0 aliphatic carbocycles. The highest BCUT2D eigenvalue weighted by molar-refractivity contribution is 5.92. The fourth-order valence-corrected chi connectivity index (χ4v) is 2.23. The lowest BCUT2D eigenvalue weighted by Gasteiger charge is -2.22. The first-order valence-corrected chi connectivity index (χ1v) is 6.39. The standard InChI is InChI=1S/C14H20N2O2/c1-18-10-11-4-2-6-13(8-11)16-14(17)12-5-3-7-15-9-12/h2,4,6,8,12,15H,3,5,7,9-10H2,1H3,(H,16,17)/t12-/m0/s1. The van der Waals surface area contributed by atoms with Crippen molar-refractivity contribution in [3.05, 3.63) is 29.8 Å². The fraction of sp³-hybridized carbons (Fsp3) is 0.500. The van der Waals surface area contributed by atoms with Gasteiger partial charge in [-0.3, -0.25) is 4.79 Å². The molecule has 0 bridgehead atoms. The van der Waals surface area contributed by atoms with Crippen LogP contribution in [0.2, 0.25) is 0 Å². The highest BCUT2D eigenvalue weighted by Gasteiger charge is 2.20. The summed E-state index contributed by atoms with van der Waals surface area (Å²) < 4.78 is 5.08. The lowest BCUT2D eigenvalue weighted by Crippen LogP contribution is -2.37. The summed E-state index contributed by atoms with van der Waals surface area (Å²) in [5.74, 6) is 0.196. The zero-order valence-corrected chi connectivity index (χ0v) is 10.7. The van der Waals surface area contributed by atoms with Gasteiger partial charge in [-0.2, -0.15) is 0 Å². The maximum Gasteiger partial charge on any atom is 0.228 e. The van der Waals surface area contributed by atoms with Crippen molar-refractivity contribution in [2.45, 2.75) is 19.4 Å². The second-order valence-corrected chi connectivity index (χ2v) is 4.67. The van der Waals surface area contributed by atoms with Gasteiger partial charge in [-0.15, -0.1) is 0 Å². The number of piperidine rings is 1. The quantitative estimate of drug-likeness (QED) is 0.854. The van der Waals surface area contributed by atoms with Crippen molar-refractivity contribution in [1.29, 1.82) is 0 Å². The Bertz CT molecular complexity index is 401. The Morgan fingerprint density at radius 1 is 1.56 bits per heavy atom. The van der Waals surface area contributed by atoms with E-state index in [4.69, 9.17) is 4.74 Å². The van der Waals surface area contributed by atoms with Crippen molar-refractivity contribution in [3.63, 3.8) is 0 Å². The smallest absolute Gasteiger partial charge is 0.228 e. The van der Waals surface area contributed by atoms with E-state index in [0.29, 0.717) is 6.61 Å². The van der Waals surface area contributed by atoms with Gasteiger partial charge in [0, 0.05) is 19.3 Å². The highest BCUT2D eigenvalue weighted by atomic mass is 16.5. The Balaban J connectivity index is 1.95. The molecule has 2 N–H and O–H groups in total. The first-order chi connectivity index (χ1) is 8.79. The average molecular weight is 248 g/mol. The summed E-state index contributed by atoms with van der Waals surface area (Å²) in [5, 5.41) is 6.23. The molecule has 1 aliphatic heterocycles. The number of benzene rings is 1. The van der Waals surface area contributed by atoms with Gasteiger partial charge in [-0.25, -0.2) is 0 Å². The fourth-order valence-electron chi connectivity index (χ4n) is 2.23. The molecule has 4 heteroatoms. The Hall–Kier alpha value is -1.39. The zero-order valence-electron chi connectivity index (χ0n) is 10.7. The molecule has 1 fully saturated rings. The topological polar surface area (TPSA) is 50.4 Å². The lowest BCUT2D eigenvalue weighted by molar-refractivity contribution is -0.120. The van der Waals surface area contributed by atoms with Gasteiger partial charge < -0.3 is 15.4 Å². The molecule has 1 aromatic carbocycles. The predicted molar refractivity (Wildman–Crippen MR) is 71.4 cm³/mol. The van der Waals surface area contributed by atoms with Crippen LogP contribution in [0, 0.1) is 5.92 Å². The van der Waals surface area contributed by atoms with Gasteiger partial charge in [0.1, 0.15) is 0 Å². The largest absolute Gasteiger partial charge is 0.380 e. The summed E-state index contributed by atoms with van der Waals surface area (Å²) in [7, 11) is 1.67. The van der Waals surface area contributed by atoms with Crippen LogP contribution >= 0.6 is 0 Å². The molecule has 1 heterocycles. The molecule has 1 aromatic rings. The Morgan fingerprint density at radius 2 is 2.44 bits per heavy atom. The van der Waals surface area contributed by atoms with Crippen molar-refractivity contribution in [1.82, 2.24) is 5.32 Å². The number of carbonyl (C=O) groups excluding carboxylic acids is 1. The third kappa shape index (κ3) is 3.55. The van der Waals surface area contributed by atoms with E-state index in [2.05, 4.69) is 10.6 Å². The van der Waals surface area contributed by atoms with E-state index < -0.39 is 0 Å². The molecule has 2 rings (SSSR count). The molecule has 0 unspecified atom stereocenters. The van der Waals surface area contributed by atoms with Crippen LogP contribution in [0.5, 0.6) is 0 Å². The van der Waals surface area contributed by atoms with Gasteiger partial charge in [-0.1, -0.05) is 12.1 Å². The number of carbonyl (C=O) groups is 1. The number of nitrogens with one attached hydrogen (secondary N) is 2. The molecule has 1 saturated heterocycles. The Morgan fingerprint density at radius 3 is 3.17 bits per heavy atom. The summed E-state index contributed by atoms with van der Waals surface area (Å²) in [5.41, 5.74) is 1.91. The van der Waals surface area contributed by atoms with Crippen molar-refractivity contribution >= 4 is 11.6 Å². The van der Waals surface area contributed by atoms with Crippen LogP contribution in [0.1, 0.15) is 18.4 Å². The molecule has 98 valence electrons. The summed E-state index contributed by atoms with van der Waals surface area (Å²) >= 11 is 0. The molecule has 1 atom stereocenters. The van der Waals surface area contributed by atoms with Crippen molar-refractivity contribution in [2.75, 3.05) is 25.5 Å². The van der Waals surface area contributed by atoms with Crippen LogP contribution in [0.25, 0.3) is 0 Å².